The normalized spacial score (nSPS) is 15.7. The van der Waals surface area contributed by atoms with Crippen LogP contribution in [0.15, 0.2) is 36.7 Å². The Morgan fingerprint density at radius 3 is 2.66 bits per heavy atom. The number of fused-ring (bicyclic) bond motifs is 1. The Morgan fingerprint density at radius 1 is 1.21 bits per heavy atom. The third-order valence-electron chi connectivity index (χ3n) is 5.79. The molecule has 1 fully saturated rings. The summed E-state index contributed by atoms with van der Waals surface area (Å²) in [5.41, 5.74) is 2.92. The van der Waals surface area contributed by atoms with E-state index in [1.807, 2.05) is 38.5 Å². The molecule has 1 aliphatic carbocycles. The summed E-state index contributed by atoms with van der Waals surface area (Å²) < 4.78 is 2.22. The van der Waals surface area contributed by atoms with Crippen LogP contribution in [0.5, 0.6) is 0 Å². The summed E-state index contributed by atoms with van der Waals surface area (Å²) in [6.07, 6.45) is 7.56. The number of anilines is 2. The van der Waals surface area contributed by atoms with E-state index in [9.17, 15) is 5.11 Å². The zero-order valence-electron chi connectivity index (χ0n) is 17.3. The fourth-order valence-electron chi connectivity index (χ4n) is 4.07. The molecule has 1 unspecified atom stereocenters. The van der Waals surface area contributed by atoms with Gasteiger partial charge in [-0.15, -0.1) is 0 Å². The number of rotatable bonds is 8. The highest BCUT2D eigenvalue weighted by molar-refractivity contribution is 5.85. The molecule has 1 atom stereocenters. The van der Waals surface area contributed by atoms with Crippen molar-refractivity contribution in [1.82, 2.24) is 19.5 Å². The third kappa shape index (κ3) is 4.19. The van der Waals surface area contributed by atoms with Gasteiger partial charge in [0, 0.05) is 19.6 Å². The molecular formula is C22H30N6O. The molecule has 0 radical (unpaired) electrons. The van der Waals surface area contributed by atoms with Crippen LogP contribution < -0.4 is 10.2 Å². The Labute approximate surface area is 171 Å². The number of aliphatic hydroxyl groups excluding tert-OH is 1. The van der Waals surface area contributed by atoms with E-state index in [0.29, 0.717) is 12.0 Å². The molecule has 0 spiro atoms. The van der Waals surface area contributed by atoms with Crippen LogP contribution in [0, 0.1) is 0 Å². The molecule has 0 amide bonds. The minimum Gasteiger partial charge on any atom is -0.394 e. The molecule has 2 heterocycles. The van der Waals surface area contributed by atoms with Crippen molar-refractivity contribution < 1.29 is 5.11 Å². The lowest BCUT2D eigenvalue weighted by Crippen LogP contribution is -2.25. The number of nitrogens with one attached hydrogen (secondary N) is 1. The van der Waals surface area contributed by atoms with Crippen LogP contribution in [0.2, 0.25) is 0 Å². The lowest BCUT2D eigenvalue weighted by Gasteiger charge is -2.21. The summed E-state index contributed by atoms with van der Waals surface area (Å²) in [7, 11) is 2.04. The fourth-order valence-corrected chi connectivity index (χ4v) is 4.07. The molecule has 1 saturated carbocycles. The Kier molecular flexibility index (Phi) is 5.94. The number of aliphatic hydroxyl groups is 1. The summed E-state index contributed by atoms with van der Waals surface area (Å²) in [6, 6.07) is 10.7. The van der Waals surface area contributed by atoms with Gasteiger partial charge in [0.2, 0.25) is 5.95 Å². The van der Waals surface area contributed by atoms with E-state index in [2.05, 4.69) is 26.9 Å². The van der Waals surface area contributed by atoms with E-state index in [0.717, 1.165) is 29.9 Å². The summed E-state index contributed by atoms with van der Waals surface area (Å²) in [5, 5.41) is 12.9. The van der Waals surface area contributed by atoms with Gasteiger partial charge in [-0.1, -0.05) is 50.1 Å². The molecule has 29 heavy (non-hydrogen) atoms. The standard InChI is InChI=1S/C22H30N6O/c1-3-17(14-29)24-22-25-20(27(2)13-16-9-5-4-6-10-16)19-21(26-22)28(15-23-19)18-11-7-8-12-18/h4-6,9-10,15,17-18,29H,3,7-8,11-14H2,1-2H3,(H,24,25,26). The Balaban J connectivity index is 1.74. The zero-order chi connectivity index (χ0) is 20.2. The average Bonchev–Trinajstić information content (AvgIpc) is 3.41. The molecule has 7 nitrogen and oxygen atoms in total. The van der Waals surface area contributed by atoms with Crippen LogP contribution in [-0.2, 0) is 6.54 Å². The van der Waals surface area contributed by atoms with Gasteiger partial charge in [-0.25, -0.2) is 4.98 Å². The van der Waals surface area contributed by atoms with E-state index in [4.69, 9.17) is 15.0 Å². The lowest BCUT2D eigenvalue weighted by atomic mass is 10.2. The van der Waals surface area contributed by atoms with Crippen molar-refractivity contribution in [3.05, 3.63) is 42.2 Å². The molecule has 0 bridgehead atoms. The van der Waals surface area contributed by atoms with E-state index in [-0.39, 0.29) is 12.6 Å². The van der Waals surface area contributed by atoms with E-state index in [1.165, 1.54) is 31.2 Å². The number of hydrogen-bond acceptors (Lipinski definition) is 6. The topological polar surface area (TPSA) is 79.1 Å². The van der Waals surface area contributed by atoms with Gasteiger partial charge in [-0.3, -0.25) is 0 Å². The minimum atomic E-state index is -0.0671. The second kappa shape index (κ2) is 8.78. The molecule has 7 heteroatoms. The fraction of sp³-hybridized carbons (Fsp3) is 0.500. The largest absolute Gasteiger partial charge is 0.394 e. The SMILES string of the molecule is CCC(CO)Nc1nc(N(C)Cc2ccccc2)c2ncn(C3CCCC3)c2n1. The van der Waals surface area contributed by atoms with Crippen LogP contribution >= 0.6 is 0 Å². The van der Waals surface area contributed by atoms with Gasteiger partial charge in [0.15, 0.2) is 17.0 Å². The van der Waals surface area contributed by atoms with Crippen molar-refractivity contribution >= 4 is 22.9 Å². The maximum atomic E-state index is 9.62. The van der Waals surface area contributed by atoms with Crippen molar-refractivity contribution in [2.24, 2.45) is 0 Å². The maximum Gasteiger partial charge on any atom is 0.227 e. The van der Waals surface area contributed by atoms with Gasteiger partial charge in [0.1, 0.15) is 0 Å². The van der Waals surface area contributed by atoms with Crippen molar-refractivity contribution in [3.63, 3.8) is 0 Å². The molecule has 2 N–H and O–H groups in total. The molecule has 3 aromatic rings. The highest BCUT2D eigenvalue weighted by Gasteiger charge is 2.23. The van der Waals surface area contributed by atoms with Crippen molar-refractivity contribution in [2.45, 2.75) is 57.7 Å². The van der Waals surface area contributed by atoms with Gasteiger partial charge in [-0.05, 0) is 24.8 Å². The van der Waals surface area contributed by atoms with Gasteiger partial charge >= 0.3 is 0 Å². The van der Waals surface area contributed by atoms with E-state index in [1.54, 1.807) is 0 Å². The number of aromatic nitrogens is 4. The third-order valence-corrected chi connectivity index (χ3v) is 5.79. The smallest absolute Gasteiger partial charge is 0.227 e. The summed E-state index contributed by atoms with van der Waals surface area (Å²) >= 11 is 0. The lowest BCUT2D eigenvalue weighted by molar-refractivity contribution is 0.271. The molecule has 4 rings (SSSR count). The van der Waals surface area contributed by atoms with Gasteiger partial charge < -0.3 is 19.9 Å². The number of hydrogen-bond donors (Lipinski definition) is 2. The van der Waals surface area contributed by atoms with Crippen LogP contribution in [0.1, 0.15) is 50.6 Å². The second-order valence-corrected chi connectivity index (χ2v) is 7.91. The quantitative estimate of drug-likeness (QED) is 0.606. The van der Waals surface area contributed by atoms with E-state index < -0.39 is 0 Å². The predicted molar refractivity (Wildman–Crippen MR) is 116 cm³/mol. The number of benzene rings is 1. The molecule has 154 valence electrons. The van der Waals surface area contributed by atoms with E-state index >= 15 is 0 Å². The molecule has 1 aromatic carbocycles. The molecule has 0 saturated heterocycles. The van der Waals surface area contributed by atoms with Gasteiger partial charge in [-0.2, -0.15) is 9.97 Å². The van der Waals surface area contributed by atoms with Crippen LogP contribution in [-0.4, -0.2) is 44.3 Å². The minimum absolute atomic E-state index is 0.0506. The van der Waals surface area contributed by atoms with Crippen molar-refractivity contribution in [3.8, 4) is 0 Å². The maximum absolute atomic E-state index is 9.62. The summed E-state index contributed by atoms with van der Waals surface area (Å²) in [4.78, 5) is 16.4. The Hall–Kier alpha value is -2.67. The first-order chi connectivity index (χ1) is 14.2. The van der Waals surface area contributed by atoms with Crippen molar-refractivity contribution in [1.29, 1.82) is 0 Å². The highest BCUT2D eigenvalue weighted by atomic mass is 16.3. The zero-order valence-corrected chi connectivity index (χ0v) is 17.3. The van der Waals surface area contributed by atoms with Gasteiger partial charge in [0.05, 0.1) is 19.0 Å². The summed E-state index contributed by atoms with van der Waals surface area (Å²) in [6.45, 7) is 2.83. The number of nitrogens with zero attached hydrogens (tertiary/aromatic N) is 5. The summed E-state index contributed by atoms with van der Waals surface area (Å²) in [5.74, 6) is 1.36. The Bertz CT molecular complexity index is 931. The first kappa shape index (κ1) is 19.6. The van der Waals surface area contributed by atoms with Crippen LogP contribution in [0.4, 0.5) is 11.8 Å². The first-order valence-electron chi connectivity index (χ1n) is 10.6. The number of imidazole rings is 1. The molecule has 1 aliphatic rings. The van der Waals surface area contributed by atoms with Crippen molar-refractivity contribution in [2.75, 3.05) is 23.9 Å². The Morgan fingerprint density at radius 2 is 1.97 bits per heavy atom. The first-order valence-corrected chi connectivity index (χ1v) is 10.6. The average molecular weight is 395 g/mol. The molecule has 2 aromatic heterocycles. The highest BCUT2D eigenvalue weighted by Crippen LogP contribution is 2.33. The molecule has 0 aliphatic heterocycles. The van der Waals surface area contributed by atoms with Crippen LogP contribution in [0.3, 0.4) is 0 Å². The van der Waals surface area contributed by atoms with Gasteiger partial charge in [0.25, 0.3) is 0 Å². The molecular weight excluding hydrogens is 364 g/mol. The monoisotopic (exact) mass is 394 g/mol. The van der Waals surface area contributed by atoms with Crippen LogP contribution in [0.25, 0.3) is 11.2 Å². The predicted octanol–water partition coefficient (Wildman–Crippen LogP) is 3.76. The second-order valence-electron chi connectivity index (χ2n) is 7.91.